The molecular formula is C36H56O6Si. The fraction of sp³-hybridized carbons (Fsp3) is 0.639. The van der Waals surface area contributed by atoms with E-state index in [1.54, 1.807) is 6.08 Å². The van der Waals surface area contributed by atoms with Gasteiger partial charge in [0.05, 0.1) is 37.1 Å². The molecule has 0 aliphatic carbocycles. The molecule has 6 atom stereocenters. The van der Waals surface area contributed by atoms with E-state index in [-0.39, 0.29) is 29.5 Å². The minimum atomic E-state index is -2.04. The van der Waals surface area contributed by atoms with Gasteiger partial charge in [-0.3, -0.25) is 0 Å². The Morgan fingerprint density at radius 1 is 1.14 bits per heavy atom. The predicted octanol–water partition coefficient (Wildman–Crippen LogP) is 8.07. The topological polar surface area (TPSA) is 74.2 Å². The number of esters is 1. The second-order valence-corrected chi connectivity index (χ2v) is 18.7. The molecule has 1 N–H and O–H groups in total. The van der Waals surface area contributed by atoms with Crippen LogP contribution in [-0.4, -0.2) is 62.6 Å². The highest BCUT2D eigenvalue weighted by Crippen LogP contribution is 2.38. The maximum absolute atomic E-state index is 12.8. The molecular weight excluding hydrogens is 556 g/mol. The standard InChI is InChI=1S/C36H56O6Si/c1-27-12-8-13-30-14-9-15-31(40-30)16-11-19-35(38)41-33(26-29(37)20-21-32-24-28(2)22-23-39-32)17-10-18-34(25-27)42-43(6,7)36(3,4)5/h9-11,15,18-22,29-34,37H,1,8,12-14,16-17,23-26H2,2-7H3. The molecule has 0 radical (unpaired) electrons. The highest BCUT2D eigenvalue weighted by molar-refractivity contribution is 6.74. The summed E-state index contributed by atoms with van der Waals surface area (Å²) in [5.74, 6) is -0.411. The van der Waals surface area contributed by atoms with E-state index in [2.05, 4.69) is 71.7 Å². The van der Waals surface area contributed by atoms with Gasteiger partial charge in [-0.1, -0.05) is 87.1 Å². The third kappa shape index (κ3) is 12.8. The van der Waals surface area contributed by atoms with E-state index in [1.807, 2.05) is 18.2 Å². The first kappa shape index (κ1) is 35.4. The van der Waals surface area contributed by atoms with E-state index in [0.717, 1.165) is 38.5 Å². The highest BCUT2D eigenvalue weighted by Gasteiger charge is 2.38. The summed E-state index contributed by atoms with van der Waals surface area (Å²) in [6, 6.07) is 0. The van der Waals surface area contributed by atoms with E-state index < -0.39 is 26.5 Å². The van der Waals surface area contributed by atoms with Crippen LogP contribution in [0.5, 0.6) is 0 Å². The van der Waals surface area contributed by atoms with Gasteiger partial charge in [-0.15, -0.1) is 0 Å². The molecule has 3 aliphatic heterocycles. The van der Waals surface area contributed by atoms with Crippen LogP contribution in [0.1, 0.15) is 85.5 Å². The Balaban J connectivity index is 1.77. The zero-order valence-corrected chi connectivity index (χ0v) is 28.4. The van der Waals surface area contributed by atoms with Crippen molar-refractivity contribution in [1.29, 1.82) is 0 Å². The van der Waals surface area contributed by atoms with E-state index in [4.69, 9.17) is 18.6 Å². The molecule has 0 aromatic carbocycles. The Morgan fingerprint density at radius 3 is 2.65 bits per heavy atom. The Labute approximate surface area is 261 Å². The smallest absolute Gasteiger partial charge is 0.330 e. The summed E-state index contributed by atoms with van der Waals surface area (Å²) >= 11 is 0. The van der Waals surface area contributed by atoms with Crippen molar-refractivity contribution in [3.63, 3.8) is 0 Å². The SMILES string of the molecule is C=C1CCCC2CC=CC(CC=CC(=O)OC(CC(O)C=CC3CC(C)=CCO3)CC=CC(O[Si](C)(C)C(C)(C)C)C1)O2. The number of hydrogen-bond acceptors (Lipinski definition) is 6. The van der Waals surface area contributed by atoms with E-state index in [0.29, 0.717) is 25.9 Å². The normalized spacial score (nSPS) is 29.6. The van der Waals surface area contributed by atoms with Crippen molar-refractivity contribution < 1.29 is 28.5 Å². The van der Waals surface area contributed by atoms with Gasteiger partial charge >= 0.3 is 5.97 Å². The van der Waals surface area contributed by atoms with Gasteiger partial charge in [0.15, 0.2) is 8.32 Å². The first-order valence-corrected chi connectivity index (χ1v) is 19.1. The molecule has 6 unspecified atom stereocenters. The van der Waals surface area contributed by atoms with Crippen LogP contribution in [0.3, 0.4) is 0 Å². The van der Waals surface area contributed by atoms with Gasteiger partial charge in [-0.25, -0.2) is 4.79 Å². The number of fused-ring (bicyclic) bond motifs is 2. The minimum absolute atomic E-state index is 0.0431. The lowest BCUT2D eigenvalue weighted by Crippen LogP contribution is -2.43. The fourth-order valence-electron chi connectivity index (χ4n) is 5.29. The summed E-state index contributed by atoms with van der Waals surface area (Å²) in [6.45, 7) is 18.4. The van der Waals surface area contributed by atoms with Gasteiger partial charge in [-0.2, -0.15) is 0 Å². The molecule has 0 aromatic rings. The molecule has 6 nitrogen and oxygen atoms in total. The number of cyclic esters (lactones) is 1. The third-order valence-electron chi connectivity index (χ3n) is 8.89. The second kappa shape index (κ2) is 16.9. The zero-order valence-electron chi connectivity index (χ0n) is 27.4. The summed E-state index contributed by atoms with van der Waals surface area (Å²) in [5, 5.41) is 10.9. The number of aliphatic hydroxyl groups excluding tert-OH is 1. The summed E-state index contributed by atoms with van der Waals surface area (Å²) in [4.78, 5) is 12.8. The van der Waals surface area contributed by atoms with Crippen molar-refractivity contribution in [3.8, 4) is 0 Å². The lowest BCUT2D eigenvalue weighted by atomic mass is 9.99. The monoisotopic (exact) mass is 612 g/mol. The fourth-order valence-corrected chi connectivity index (χ4v) is 6.57. The van der Waals surface area contributed by atoms with Crippen LogP contribution < -0.4 is 0 Å². The van der Waals surface area contributed by atoms with Gasteiger partial charge < -0.3 is 23.7 Å². The van der Waals surface area contributed by atoms with Gasteiger partial charge in [0.2, 0.25) is 0 Å². The maximum atomic E-state index is 12.8. The van der Waals surface area contributed by atoms with Crippen LogP contribution in [0.4, 0.5) is 0 Å². The average molecular weight is 613 g/mol. The molecule has 0 saturated heterocycles. The summed E-state index contributed by atoms with van der Waals surface area (Å²) < 4.78 is 24.7. The molecule has 3 rings (SSSR count). The Morgan fingerprint density at radius 2 is 1.91 bits per heavy atom. The lowest BCUT2D eigenvalue weighted by Gasteiger charge is -2.39. The number of carbonyl (C=O) groups is 1. The lowest BCUT2D eigenvalue weighted by molar-refractivity contribution is -0.143. The largest absolute Gasteiger partial charge is 0.459 e. The van der Waals surface area contributed by atoms with E-state index in [1.165, 1.54) is 17.2 Å². The molecule has 2 bridgehead atoms. The zero-order chi connectivity index (χ0) is 31.5. The molecule has 0 fully saturated rings. The van der Waals surface area contributed by atoms with Crippen molar-refractivity contribution in [2.24, 2.45) is 0 Å². The van der Waals surface area contributed by atoms with Crippen LogP contribution in [0.2, 0.25) is 18.1 Å². The highest BCUT2D eigenvalue weighted by atomic mass is 28.4. The van der Waals surface area contributed by atoms with Gasteiger partial charge in [-0.05, 0) is 70.0 Å². The minimum Gasteiger partial charge on any atom is -0.459 e. The van der Waals surface area contributed by atoms with Gasteiger partial charge in [0.25, 0.3) is 0 Å². The number of carbonyl (C=O) groups excluding carboxylic acids is 1. The Bertz CT molecular complexity index is 1060. The van der Waals surface area contributed by atoms with Crippen LogP contribution in [0.15, 0.2) is 72.4 Å². The van der Waals surface area contributed by atoms with Crippen molar-refractivity contribution in [3.05, 3.63) is 72.4 Å². The molecule has 3 aliphatic rings. The number of rotatable bonds is 6. The van der Waals surface area contributed by atoms with Crippen LogP contribution in [-0.2, 0) is 23.4 Å². The molecule has 0 amide bonds. The van der Waals surface area contributed by atoms with Crippen molar-refractivity contribution in [2.75, 3.05) is 6.61 Å². The average Bonchev–Trinajstić information content (AvgIpc) is 2.91. The van der Waals surface area contributed by atoms with E-state index >= 15 is 0 Å². The Hall–Kier alpha value is -2.03. The van der Waals surface area contributed by atoms with Crippen molar-refractivity contribution in [2.45, 2.75) is 140 Å². The summed E-state index contributed by atoms with van der Waals surface area (Å²) in [6.07, 6.45) is 23.0. The molecule has 43 heavy (non-hydrogen) atoms. The van der Waals surface area contributed by atoms with Crippen LogP contribution >= 0.6 is 0 Å². The molecule has 0 saturated carbocycles. The first-order valence-electron chi connectivity index (χ1n) is 16.1. The predicted molar refractivity (Wildman–Crippen MR) is 177 cm³/mol. The maximum Gasteiger partial charge on any atom is 0.330 e. The molecule has 7 heteroatoms. The van der Waals surface area contributed by atoms with Crippen LogP contribution in [0, 0.1) is 0 Å². The number of ether oxygens (including phenoxy) is 3. The number of hydrogen-bond donors (Lipinski definition) is 1. The van der Waals surface area contributed by atoms with Crippen molar-refractivity contribution in [1.82, 2.24) is 0 Å². The molecule has 3 heterocycles. The molecule has 0 spiro atoms. The second-order valence-electron chi connectivity index (χ2n) is 13.9. The summed E-state index contributed by atoms with van der Waals surface area (Å²) in [7, 11) is -2.04. The molecule has 240 valence electrons. The third-order valence-corrected chi connectivity index (χ3v) is 13.4. The van der Waals surface area contributed by atoms with Crippen molar-refractivity contribution >= 4 is 14.3 Å². The number of aliphatic hydroxyl groups is 1. The van der Waals surface area contributed by atoms with E-state index in [9.17, 15) is 9.90 Å². The van der Waals surface area contributed by atoms with Crippen LogP contribution in [0.25, 0.3) is 0 Å². The quantitative estimate of drug-likeness (QED) is 0.186. The first-order chi connectivity index (χ1) is 20.3. The van der Waals surface area contributed by atoms with Gasteiger partial charge in [0.1, 0.15) is 6.10 Å². The molecule has 0 aromatic heterocycles. The van der Waals surface area contributed by atoms with Gasteiger partial charge in [0, 0.05) is 18.9 Å². The summed E-state index contributed by atoms with van der Waals surface area (Å²) in [5.41, 5.74) is 2.46. The Kier molecular flexibility index (Phi) is 13.9.